The van der Waals surface area contributed by atoms with Crippen LogP contribution in [0.4, 0.5) is 14.0 Å². The Hall–Kier alpha value is -4.03. The lowest BCUT2D eigenvalue weighted by Gasteiger charge is -2.28. The van der Waals surface area contributed by atoms with Gasteiger partial charge in [0.15, 0.2) is 0 Å². The van der Waals surface area contributed by atoms with E-state index < -0.39 is 29.5 Å². The van der Waals surface area contributed by atoms with E-state index in [1.807, 2.05) is 30.3 Å². The second-order valence-corrected chi connectivity index (χ2v) is 10.7. The van der Waals surface area contributed by atoms with E-state index in [0.717, 1.165) is 21.9 Å². The molecule has 3 rings (SSSR count). The number of amides is 1. The average Bonchev–Trinajstić information content (AvgIpc) is 3.30. The van der Waals surface area contributed by atoms with Gasteiger partial charge in [-0.2, -0.15) is 0 Å². The van der Waals surface area contributed by atoms with Crippen molar-refractivity contribution >= 4 is 17.9 Å². The van der Waals surface area contributed by atoms with E-state index in [4.69, 9.17) is 19.1 Å². The maximum Gasteiger partial charge on any atom is 0.534 e. The number of nitrogens with zero attached hydrogens (tertiary/aromatic N) is 1. The summed E-state index contributed by atoms with van der Waals surface area (Å²) in [5.41, 5.74) is 4.27. The highest BCUT2D eigenvalue weighted by Crippen LogP contribution is 2.29. The Morgan fingerprint density at radius 2 is 1.68 bits per heavy atom. The van der Waals surface area contributed by atoms with Gasteiger partial charge in [-0.05, 0) is 102 Å². The van der Waals surface area contributed by atoms with Crippen LogP contribution >= 0.6 is 0 Å². The van der Waals surface area contributed by atoms with E-state index in [2.05, 4.69) is 17.3 Å². The molecular weight excluding hydrogens is 491 g/mol. The molecule has 0 saturated heterocycles. The van der Waals surface area contributed by atoms with Crippen molar-refractivity contribution in [1.29, 1.82) is 0 Å². The summed E-state index contributed by atoms with van der Waals surface area (Å²) in [7, 11) is 0. The monoisotopic (exact) mass is 524 g/mol. The fourth-order valence-electron chi connectivity index (χ4n) is 3.27. The zero-order valence-corrected chi connectivity index (χ0v) is 22.6. The van der Waals surface area contributed by atoms with Crippen molar-refractivity contribution in [2.24, 2.45) is 0 Å². The third-order valence-corrected chi connectivity index (χ3v) is 4.90. The topological polar surface area (TPSA) is 86.3 Å². The molecule has 1 aliphatic rings. The van der Waals surface area contributed by atoms with Gasteiger partial charge in [-0.15, -0.1) is 5.06 Å². The number of ether oxygens (including phenoxy) is 2. The van der Waals surface area contributed by atoms with Crippen LogP contribution in [0.25, 0.3) is 5.70 Å². The maximum atomic E-state index is 13.2. The van der Waals surface area contributed by atoms with Crippen LogP contribution < -0.4 is 5.48 Å². The van der Waals surface area contributed by atoms with Gasteiger partial charge >= 0.3 is 12.2 Å². The first kappa shape index (κ1) is 28.5. The number of rotatable bonds is 3. The molecule has 0 bridgehead atoms. The minimum Gasteiger partial charge on any atom is -0.442 e. The minimum absolute atomic E-state index is 0.313. The summed E-state index contributed by atoms with van der Waals surface area (Å²) in [6.07, 6.45) is -0.416. The summed E-state index contributed by atoms with van der Waals surface area (Å²) in [6.45, 7) is 11.8. The molecule has 8 nitrogen and oxygen atoms in total. The Labute approximate surface area is 222 Å². The zero-order chi connectivity index (χ0) is 28.1. The van der Waals surface area contributed by atoms with Crippen LogP contribution in [0.1, 0.15) is 71.3 Å². The average molecular weight is 525 g/mol. The molecule has 1 aliphatic heterocycles. The summed E-state index contributed by atoms with van der Waals surface area (Å²) in [5.74, 6) is 5.62. The Kier molecular flexibility index (Phi) is 8.69. The van der Waals surface area contributed by atoms with Crippen molar-refractivity contribution in [3.63, 3.8) is 0 Å². The van der Waals surface area contributed by atoms with E-state index >= 15 is 0 Å². The smallest absolute Gasteiger partial charge is 0.442 e. The molecule has 0 fully saturated rings. The lowest BCUT2D eigenvalue weighted by atomic mass is 10.0. The molecule has 9 heteroatoms. The van der Waals surface area contributed by atoms with Crippen molar-refractivity contribution in [3.05, 3.63) is 77.1 Å². The molecule has 0 aromatic heterocycles. The molecule has 2 unspecified atom stereocenters. The predicted molar refractivity (Wildman–Crippen MR) is 140 cm³/mol. The number of carbonyl (C=O) groups excluding carboxylic acids is 2. The van der Waals surface area contributed by atoms with Crippen LogP contribution in [0.3, 0.4) is 0 Å². The number of halogens is 1. The van der Waals surface area contributed by atoms with Gasteiger partial charge in [-0.3, -0.25) is 15.2 Å². The van der Waals surface area contributed by atoms with E-state index in [-0.39, 0.29) is 11.9 Å². The van der Waals surface area contributed by atoms with Crippen molar-refractivity contribution in [3.8, 4) is 11.8 Å². The minimum atomic E-state index is -1.05. The second kappa shape index (κ2) is 11.6. The van der Waals surface area contributed by atoms with E-state index in [1.54, 1.807) is 60.6 Å². The highest BCUT2D eigenvalue weighted by Gasteiger charge is 2.31. The molecule has 2 atom stereocenters. The van der Waals surface area contributed by atoms with Gasteiger partial charge < -0.3 is 9.47 Å². The number of hydrogen-bond donors (Lipinski definition) is 1. The zero-order valence-electron chi connectivity index (χ0n) is 22.6. The first-order valence-corrected chi connectivity index (χ1v) is 12.1. The van der Waals surface area contributed by atoms with Crippen LogP contribution in [-0.4, -0.2) is 34.6 Å². The van der Waals surface area contributed by atoms with Crippen LogP contribution in [0, 0.1) is 17.7 Å². The summed E-state index contributed by atoms with van der Waals surface area (Å²) in [5, 5.41) is 0.762. The fourth-order valence-corrected chi connectivity index (χ4v) is 3.27. The van der Waals surface area contributed by atoms with Gasteiger partial charge in [0.1, 0.15) is 29.2 Å². The molecule has 38 heavy (non-hydrogen) atoms. The molecular formula is C29H33FN2O6. The number of carbonyl (C=O) groups is 2. The molecule has 0 spiro atoms. The number of hydrogen-bond acceptors (Lipinski definition) is 7. The van der Waals surface area contributed by atoms with Gasteiger partial charge in [0.05, 0.1) is 5.70 Å². The molecule has 0 aliphatic carbocycles. The Balaban J connectivity index is 1.77. The van der Waals surface area contributed by atoms with Gasteiger partial charge in [0, 0.05) is 5.56 Å². The van der Waals surface area contributed by atoms with Crippen molar-refractivity contribution < 1.29 is 33.1 Å². The lowest BCUT2D eigenvalue weighted by Crippen LogP contribution is -2.43. The normalized spacial score (nSPS) is 15.8. The van der Waals surface area contributed by atoms with Crippen molar-refractivity contribution in [2.45, 2.75) is 71.8 Å². The summed E-state index contributed by atoms with van der Waals surface area (Å²) < 4.78 is 23.8. The standard InChI is InChI=1S/C29H33FN2O6/c1-19(32(26(33)35-28(2,3)4)38-27(34)36-29(5,6)7)11-12-20-9-8-10-22(17-20)25-18-24(31-37-25)21-13-15-23(30)16-14-21/h8-10,13-19,25,31H,1-7H3. The Morgan fingerprint density at radius 3 is 2.32 bits per heavy atom. The third-order valence-electron chi connectivity index (χ3n) is 4.90. The molecule has 2 aromatic rings. The van der Waals surface area contributed by atoms with Gasteiger partial charge in [-0.25, -0.2) is 14.0 Å². The number of nitrogens with one attached hydrogen (secondary N) is 1. The quantitative estimate of drug-likeness (QED) is 0.287. The highest BCUT2D eigenvalue weighted by atomic mass is 19.1. The van der Waals surface area contributed by atoms with Gasteiger partial charge in [0.25, 0.3) is 0 Å². The van der Waals surface area contributed by atoms with Gasteiger partial charge in [0.2, 0.25) is 0 Å². The van der Waals surface area contributed by atoms with Crippen LogP contribution in [0.5, 0.6) is 0 Å². The molecule has 0 radical (unpaired) electrons. The molecule has 2 aromatic carbocycles. The van der Waals surface area contributed by atoms with Crippen molar-refractivity contribution in [2.75, 3.05) is 0 Å². The lowest BCUT2D eigenvalue weighted by molar-refractivity contribution is -0.144. The van der Waals surface area contributed by atoms with E-state index in [1.165, 1.54) is 12.1 Å². The van der Waals surface area contributed by atoms with Crippen LogP contribution in [0.15, 0.2) is 54.6 Å². The molecule has 0 saturated carbocycles. The van der Waals surface area contributed by atoms with Gasteiger partial charge in [-0.1, -0.05) is 24.0 Å². The Morgan fingerprint density at radius 1 is 1.03 bits per heavy atom. The van der Waals surface area contributed by atoms with Crippen LogP contribution in [-0.2, 0) is 19.1 Å². The molecule has 1 heterocycles. The van der Waals surface area contributed by atoms with Crippen molar-refractivity contribution in [1.82, 2.24) is 10.5 Å². The predicted octanol–water partition coefficient (Wildman–Crippen LogP) is 6.29. The summed E-state index contributed by atoms with van der Waals surface area (Å²) in [6, 6.07) is 12.6. The molecule has 202 valence electrons. The van der Waals surface area contributed by atoms with Crippen LogP contribution in [0.2, 0.25) is 0 Å². The maximum absolute atomic E-state index is 13.2. The van der Waals surface area contributed by atoms with E-state index in [0.29, 0.717) is 5.56 Å². The second-order valence-electron chi connectivity index (χ2n) is 10.7. The first-order valence-electron chi connectivity index (χ1n) is 12.1. The van der Waals surface area contributed by atoms with E-state index in [9.17, 15) is 14.0 Å². The number of benzene rings is 2. The third kappa shape index (κ3) is 8.53. The number of hydroxylamine groups is 3. The first-order chi connectivity index (χ1) is 17.7. The molecule has 1 N–H and O–H groups in total. The fraction of sp³-hybridized carbons (Fsp3) is 0.379. The SMILES string of the molecule is CC(C#Cc1cccc(C2C=C(c3ccc(F)cc3)NO2)c1)N(OC(=O)OC(C)(C)C)C(=O)OC(C)(C)C. The molecule has 1 amide bonds. The summed E-state index contributed by atoms with van der Waals surface area (Å²) >= 11 is 0. The largest absolute Gasteiger partial charge is 0.534 e. The Bertz CT molecular complexity index is 1250. The summed E-state index contributed by atoms with van der Waals surface area (Å²) in [4.78, 5) is 35.9. The highest BCUT2D eigenvalue weighted by molar-refractivity contribution is 5.71.